The molecule has 0 bridgehead atoms. The molecule has 3 nitrogen and oxygen atoms in total. The van der Waals surface area contributed by atoms with Crippen molar-refractivity contribution in [2.45, 2.75) is 0 Å². The van der Waals surface area contributed by atoms with Crippen LogP contribution < -0.4 is 25.9 Å². The highest BCUT2D eigenvalue weighted by Gasteiger charge is 2.39. The van der Waals surface area contributed by atoms with Gasteiger partial charge in [0.05, 0.1) is 11.0 Å². The molecule has 0 saturated heterocycles. The van der Waals surface area contributed by atoms with Crippen molar-refractivity contribution in [2.24, 2.45) is 0 Å². The zero-order valence-corrected chi connectivity index (χ0v) is 21.5. The molecule has 7 aromatic rings. The summed E-state index contributed by atoms with van der Waals surface area (Å²) >= 11 is 0. The molecule has 2 aliphatic rings. The number of para-hydroxylation sites is 3. The van der Waals surface area contributed by atoms with Crippen molar-refractivity contribution in [2.75, 3.05) is 0 Å². The molecule has 0 unspecified atom stereocenters. The van der Waals surface area contributed by atoms with Gasteiger partial charge in [-0.15, -0.1) is 0 Å². The fourth-order valence-electron chi connectivity index (χ4n) is 6.59. The van der Waals surface area contributed by atoms with Gasteiger partial charge in [0.1, 0.15) is 23.0 Å². The lowest BCUT2D eigenvalue weighted by molar-refractivity contribution is 0.464. The Morgan fingerprint density at radius 2 is 1.05 bits per heavy atom. The molecule has 9 rings (SSSR count). The molecule has 186 valence electrons. The first-order chi connectivity index (χ1) is 19.8. The summed E-state index contributed by atoms with van der Waals surface area (Å²) in [7, 11) is 0. The van der Waals surface area contributed by atoms with E-state index >= 15 is 0 Å². The van der Waals surface area contributed by atoms with Crippen molar-refractivity contribution in [3.63, 3.8) is 0 Å². The number of hydrogen-bond donors (Lipinski definition) is 0. The highest BCUT2D eigenvalue weighted by atomic mass is 16.5. The van der Waals surface area contributed by atoms with E-state index in [1.807, 2.05) is 24.3 Å². The Morgan fingerprint density at radius 1 is 0.450 bits per heavy atom. The van der Waals surface area contributed by atoms with E-state index in [2.05, 4.69) is 114 Å². The normalized spacial score (nSPS) is 12.8. The van der Waals surface area contributed by atoms with Gasteiger partial charge in [0.15, 0.2) is 0 Å². The quantitative estimate of drug-likeness (QED) is 0.230. The smallest absolute Gasteiger partial charge is 0.260 e. The van der Waals surface area contributed by atoms with Crippen LogP contribution in [0.15, 0.2) is 133 Å². The topological polar surface area (TPSA) is 23.4 Å². The number of benzene rings is 6. The van der Waals surface area contributed by atoms with Gasteiger partial charge in [0, 0.05) is 21.9 Å². The summed E-state index contributed by atoms with van der Waals surface area (Å²) < 4.78 is 15.1. The van der Waals surface area contributed by atoms with E-state index in [1.165, 1.54) is 32.8 Å². The van der Waals surface area contributed by atoms with Crippen molar-refractivity contribution in [3.05, 3.63) is 133 Å². The van der Waals surface area contributed by atoms with Crippen LogP contribution in [-0.2, 0) is 0 Å². The molecular weight excluding hydrogens is 489 g/mol. The monoisotopic (exact) mass is 511 g/mol. The second-order valence-corrected chi connectivity index (χ2v) is 10.5. The summed E-state index contributed by atoms with van der Waals surface area (Å²) in [4.78, 5) is 0. The predicted octanol–water partition coefficient (Wildman–Crippen LogP) is 7.18. The first-order valence-electron chi connectivity index (χ1n) is 13.6. The minimum Gasteiger partial charge on any atom is -0.458 e. The molecular formula is C36H22BNO2. The van der Waals surface area contributed by atoms with Gasteiger partial charge in [-0.3, -0.25) is 0 Å². The van der Waals surface area contributed by atoms with Gasteiger partial charge in [-0.1, -0.05) is 84.9 Å². The van der Waals surface area contributed by atoms with Gasteiger partial charge in [0.2, 0.25) is 0 Å². The molecule has 6 aromatic carbocycles. The molecule has 0 saturated carbocycles. The van der Waals surface area contributed by atoms with Gasteiger partial charge in [-0.25, -0.2) is 0 Å². The molecule has 4 heteroatoms. The van der Waals surface area contributed by atoms with Crippen LogP contribution in [0.4, 0.5) is 0 Å². The van der Waals surface area contributed by atoms with Crippen molar-refractivity contribution >= 4 is 44.9 Å². The van der Waals surface area contributed by atoms with Crippen molar-refractivity contribution in [1.82, 2.24) is 4.57 Å². The van der Waals surface area contributed by atoms with E-state index in [1.54, 1.807) is 0 Å². The maximum atomic E-state index is 6.43. The molecule has 0 N–H and O–H groups in total. The molecule has 3 heterocycles. The molecule has 0 amide bonds. The van der Waals surface area contributed by atoms with Crippen molar-refractivity contribution in [3.8, 4) is 39.8 Å². The Labute approximate surface area is 231 Å². The number of ether oxygens (including phenoxy) is 2. The number of hydrogen-bond acceptors (Lipinski definition) is 2. The van der Waals surface area contributed by atoms with Crippen LogP contribution in [0.2, 0.25) is 0 Å². The molecule has 40 heavy (non-hydrogen) atoms. The Balaban J connectivity index is 1.22. The molecule has 2 aliphatic heterocycles. The maximum absolute atomic E-state index is 6.43. The van der Waals surface area contributed by atoms with Gasteiger partial charge < -0.3 is 14.0 Å². The third-order valence-electron chi connectivity index (χ3n) is 8.32. The molecule has 0 atom stereocenters. The van der Waals surface area contributed by atoms with Gasteiger partial charge in [0.25, 0.3) is 6.71 Å². The second-order valence-electron chi connectivity index (χ2n) is 10.5. The minimum atomic E-state index is 0.0559. The summed E-state index contributed by atoms with van der Waals surface area (Å²) in [6.45, 7) is 0.0559. The lowest BCUT2D eigenvalue weighted by Crippen LogP contribution is -2.57. The Bertz CT molecular complexity index is 2080. The first-order valence-corrected chi connectivity index (χ1v) is 13.6. The number of rotatable bonds is 2. The number of aromatic nitrogens is 1. The van der Waals surface area contributed by atoms with Crippen LogP contribution in [0.1, 0.15) is 0 Å². The maximum Gasteiger partial charge on any atom is 0.260 e. The molecule has 0 radical (unpaired) electrons. The minimum absolute atomic E-state index is 0.0559. The average Bonchev–Trinajstić information content (AvgIpc) is 3.35. The van der Waals surface area contributed by atoms with E-state index in [9.17, 15) is 0 Å². The van der Waals surface area contributed by atoms with Crippen LogP contribution >= 0.6 is 0 Å². The van der Waals surface area contributed by atoms with Crippen molar-refractivity contribution < 1.29 is 9.47 Å². The highest BCUT2D eigenvalue weighted by Crippen LogP contribution is 2.36. The standard InChI is InChI=1S/C36H22BNO2/c1-4-14-30-26(11-1)27-12-2-5-15-31(27)38(30)25-10-7-9-23(21-25)24-19-20-33-29(22-24)37-28-13-3-6-16-32(28)39-34-17-8-18-35(40-33)36(34)37/h1-22H. The van der Waals surface area contributed by atoms with Crippen molar-refractivity contribution in [1.29, 1.82) is 0 Å². The lowest BCUT2D eigenvalue weighted by atomic mass is 9.35. The Hall–Kier alpha value is -5.22. The molecule has 0 aliphatic carbocycles. The molecule has 0 spiro atoms. The fraction of sp³-hybridized carbons (Fsp3) is 0. The van der Waals surface area contributed by atoms with Crippen LogP contribution in [0.3, 0.4) is 0 Å². The highest BCUT2D eigenvalue weighted by molar-refractivity contribution is 6.98. The predicted molar refractivity (Wildman–Crippen MR) is 164 cm³/mol. The summed E-state index contributed by atoms with van der Waals surface area (Å²) in [6, 6.07) is 47.1. The first kappa shape index (κ1) is 21.7. The Kier molecular flexibility index (Phi) is 4.41. The van der Waals surface area contributed by atoms with E-state index in [4.69, 9.17) is 9.47 Å². The third-order valence-corrected chi connectivity index (χ3v) is 8.32. The second kappa shape index (κ2) is 8.14. The average molecular weight is 511 g/mol. The van der Waals surface area contributed by atoms with Gasteiger partial charge in [-0.05, 0) is 70.6 Å². The molecule has 1 aromatic heterocycles. The van der Waals surface area contributed by atoms with Crippen LogP contribution in [0.5, 0.6) is 23.0 Å². The summed E-state index contributed by atoms with van der Waals surface area (Å²) in [5.74, 6) is 3.54. The summed E-state index contributed by atoms with van der Waals surface area (Å²) in [5, 5.41) is 2.53. The van der Waals surface area contributed by atoms with Crippen LogP contribution in [-0.4, -0.2) is 11.3 Å². The fourth-order valence-corrected chi connectivity index (χ4v) is 6.59. The van der Waals surface area contributed by atoms with E-state index in [-0.39, 0.29) is 6.71 Å². The number of fused-ring (bicyclic) bond motifs is 7. The van der Waals surface area contributed by atoms with Gasteiger partial charge >= 0.3 is 0 Å². The zero-order valence-electron chi connectivity index (χ0n) is 21.5. The van der Waals surface area contributed by atoms with Crippen LogP contribution in [0, 0.1) is 0 Å². The van der Waals surface area contributed by atoms with Crippen LogP contribution in [0.25, 0.3) is 38.6 Å². The number of nitrogens with zero attached hydrogens (tertiary/aromatic N) is 1. The van der Waals surface area contributed by atoms with E-state index < -0.39 is 0 Å². The lowest BCUT2D eigenvalue weighted by Gasteiger charge is -2.33. The molecule has 0 fully saturated rings. The van der Waals surface area contributed by atoms with E-state index in [0.717, 1.165) is 45.2 Å². The van der Waals surface area contributed by atoms with Gasteiger partial charge in [-0.2, -0.15) is 0 Å². The zero-order chi connectivity index (χ0) is 26.2. The summed E-state index contributed by atoms with van der Waals surface area (Å²) in [6.07, 6.45) is 0. The largest absolute Gasteiger partial charge is 0.458 e. The third kappa shape index (κ3) is 3.02. The Morgan fingerprint density at radius 3 is 1.82 bits per heavy atom. The SMILES string of the molecule is c1cc(-c2ccc3c(c2)B2c4ccccc4Oc4cccc(c42)O3)cc(-n2c3ccccc3c3ccccc32)c1. The summed E-state index contributed by atoms with van der Waals surface area (Å²) in [5.41, 5.74) is 9.33. The van der Waals surface area contributed by atoms with E-state index in [0.29, 0.717) is 0 Å².